The topological polar surface area (TPSA) is 33.7 Å². The standard InChI is InChI=1S/C20H26N2O2/c1-23-14-4-2-3-13-17(14)21-15-5-7-19-9-12-24-16(19)6-10-22-11-8-20(13,15)18(19)22/h2-4,15-16,18,21H,5-12H2,1H3. The molecular formula is C20H26N2O2. The number of hydrogen-bond donors (Lipinski definition) is 1. The van der Waals surface area contributed by atoms with E-state index in [1.54, 1.807) is 7.11 Å². The van der Waals surface area contributed by atoms with Gasteiger partial charge in [0.15, 0.2) is 0 Å². The molecule has 1 aromatic carbocycles. The van der Waals surface area contributed by atoms with Gasteiger partial charge in [-0.05, 0) is 50.3 Å². The molecule has 2 spiro atoms. The number of nitrogens with zero attached hydrogens (tertiary/aromatic N) is 1. The van der Waals surface area contributed by atoms with Crippen molar-refractivity contribution < 1.29 is 9.47 Å². The summed E-state index contributed by atoms with van der Waals surface area (Å²) in [5.41, 5.74) is 3.43. The average Bonchev–Trinajstić information content (AvgIpc) is 3.29. The third-order valence-electron chi connectivity index (χ3n) is 8.00. The molecule has 0 radical (unpaired) electrons. The molecule has 4 heteroatoms. The summed E-state index contributed by atoms with van der Waals surface area (Å²) in [5, 5.41) is 3.89. The molecule has 24 heavy (non-hydrogen) atoms. The van der Waals surface area contributed by atoms with E-state index < -0.39 is 0 Å². The molecule has 1 aromatic rings. The molecule has 1 N–H and O–H groups in total. The van der Waals surface area contributed by atoms with E-state index in [4.69, 9.17) is 9.47 Å². The van der Waals surface area contributed by atoms with Crippen LogP contribution in [0.4, 0.5) is 5.69 Å². The molecule has 0 amide bonds. The van der Waals surface area contributed by atoms with Crippen molar-refractivity contribution in [3.05, 3.63) is 23.8 Å². The summed E-state index contributed by atoms with van der Waals surface area (Å²) in [5.74, 6) is 1.01. The van der Waals surface area contributed by atoms with Gasteiger partial charge in [-0.15, -0.1) is 0 Å². The molecule has 5 unspecified atom stereocenters. The summed E-state index contributed by atoms with van der Waals surface area (Å²) >= 11 is 0. The van der Waals surface area contributed by atoms with Crippen LogP contribution in [0.1, 0.15) is 37.7 Å². The Labute approximate surface area is 143 Å². The van der Waals surface area contributed by atoms with Gasteiger partial charge in [0.1, 0.15) is 5.75 Å². The quantitative estimate of drug-likeness (QED) is 0.860. The lowest BCUT2D eigenvalue weighted by atomic mass is 9.52. The van der Waals surface area contributed by atoms with Gasteiger partial charge < -0.3 is 14.8 Å². The lowest BCUT2D eigenvalue weighted by molar-refractivity contribution is -0.0849. The van der Waals surface area contributed by atoms with Crippen LogP contribution in [0.2, 0.25) is 0 Å². The third kappa shape index (κ3) is 1.37. The molecule has 4 aliphatic heterocycles. The van der Waals surface area contributed by atoms with Crippen molar-refractivity contribution in [1.29, 1.82) is 0 Å². The summed E-state index contributed by atoms with van der Waals surface area (Å²) in [6, 6.07) is 7.86. The van der Waals surface area contributed by atoms with Crippen LogP contribution < -0.4 is 10.1 Å². The molecule has 0 aromatic heterocycles. The van der Waals surface area contributed by atoms with Gasteiger partial charge in [-0.2, -0.15) is 0 Å². The van der Waals surface area contributed by atoms with Crippen molar-refractivity contribution in [3.63, 3.8) is 0 Å². The number of methoxy groups -OCH3 is 1. The van der Waals surface area contributed by atoms with Crippen LogP contribution >= 0.6 is 0 Å². The molecule has 4 nitrogen and oxygen atoms in total. The summed E-state index contributed by atoms with van der Waals surface area (Å²) in [7, 11) is 1.79. The zero-order valence-corrected chi connectivity index (χ0v) is 14.4. The molecule has 6 rings (SSSR count). The van der Waals surface area contributed by atoms with Gasteiger partial charge in [0, 0.05) is 36.1 Å². The summed E-state index contributed by atoms with van der Waals surface area (Å²) in [6.07, 6.45) is 6.84. The summed E-state index contributed by atoms with van der Waals surface area (Å²) in [4.78, 5) is 2.81. The van der Waals surface area contributed by atoms with Crippen molar-refractivity contribution in [3.8, 4) is 5.75 Å². The van der Waals surface area contributed by atoms with Crippen LogP contribution in [0.3, 0.4) is 0 Å². The maximum absolute atomic E-state index is 6.25. The number of nitrogens with one attached hydrogen (secondary N) is 1. The molecule has 1 saturated carbocycles. The number of hydrogen-bond acceptors (Lipinski definition) is 4. The van der Waals surface area contributed by atoms with Crippen LogP contribution in [-0.4, -0.2) is 49.9 Å². The largest absolute Gasteiger partial charge is 0.495 e. The monoisotopic (exact) mass is 326 g/mol. The van der Waals surface area contributed by atoms with Crippen molar-refractivity contribution in [2.75, 3.05) is 32.1 Å². The highest BCUT2D eigenvalue weighted by molar-refractivity contribution is 5.71. The normalized spacial score (nSPS) is 45.1. The number of ether oxygens (including phenoxy) is 2. The Bertz CT molecular complexity index is 707. The minimum Gasteiger partial charge on any atom is -0.495 e. The highest BCUT2D eigenvalue weighted by atomic mass is 16.5. The fourth-order valence-electron chi connectivity index (χ4n) is 7.26. The molecule has 4 fully saturated rings. The fraction of sp³-hybridized carbons (Fsp3) is 0.700. The molecule has 1 aliphatic carbocycles. The first-order valence-corrected chi connectivity index (χ1v) is 9.59. The number of benzene rings is 1. The number of piperidine rings is 1. The first-order valence-electron chi connectivity index (χ1n) is 9.59. The predicted octanol–water partition coefficient (Wildman–Crippen LogP) is 2.77. The Kier molecular flexibility index (Phi) is 2.60. The Morgan fingerprint density at radius 3 is 3.08 bits per heavy atom. The predicted molar refractivity (Wildman–Crippen MR) is 92.7 cm³/mol. The van der Waals surface area contributed by atoms with Crippen LogP contribution in [-0.2, 0) is 10.2 Å². The van der Waals surface area contributed by atoms with Crippen molar-refractivity contribution in [1.82, 2.24) is 4.90 Å². The Hall–Kier alpha value is -1.26. The average molecular weight is 326 g/mol. The van der Waals surface area contributed by atoms with Gasteiger partial charge in [-0.1, -0.05) is 12.1 Å². The lowest BCUT2D eigenvalue weighted by Crippen LogP contribution is -2.66. The van der Waals surface area contributed by atoms with E-state index in [0.29, 0.717) is 23.6 Å². The van der Waals surface area contributed by atoms with Gasteiger partial charge >= 0.3 is 0 Å². The smallest absolute Gasteiger partial charge is 0.142 e. The van der Waals surface area contributed by atoms with E-state index in [9.17, 15) is 0 Å². The van der Waals surface area contributed by atoms with E-state index in [-0.39, 0.29) is 5.41 Å². The van der Waals surface area contributed by atoms with Crippen LogP contribution in [0.25, 0.3) is 0 Å². The summed E-state index contributed by atoms with van der Waals surface area (Å²) < 4.78 is 11.9. The number of fused-ring (bicyclic) bond motifs is 1. The van der Waals surface area contributed by atoms with Gasteiger partial charge in [0.2, 0.25) is 0 Å². The van der Waals surface area contributed by atoms with E-state index in [1.165, 1.54) is 56.4 Å². The molecular weight excluding hydrogens is 300 g/mol. The lowest BCUT2D eigenvalue weighted by Gasteiger charge is -2.58. The van der Waals surface area contributed by atoms with Crippen LogP contribution in [0.5, 0.6) is 5.75 Å². The first kappa shape index (κ1) is 14.0. The van der Waals surface area contributed by atoms with Crippen molar-refractivity contribution in [2.24, 2.45) is 5.41 Å². The maximum Gasteiger partial charge on any atom is 0.142 e. The van der Waals surface area contributed by atoms with Crippen molar-refractivity contribution >= 4 is 5.69 Å². The zero-order chi connectivity index (χ0) is 15.9. The van der Waals surface area contributed by atoms with E-state index >= 15 is 0 Å². The molecule has 5 atom stereocenters. The van der Waals surface area contributed by atoms with Gasteiger partial charge in [-0.3, -0.25) is 4.90 Å². The molecule has 5 aliphatic rings. The van der Waals surface area contributed by atoms with E-state index in [1.807, 2.05) is 0 Å². The van der Waals surface area contributed by atoms with E-state index in [0.717, 1.165) is 12.4 Å². The Balaban J connectivity index is 1.57. The van der Waals surface area contributed by atoms with E-state index in [2.05, 4.69) is 28.4 Å². The third-order valence-corrected chi connectivity index (χ3v) is 8.00. The highest BCUT2D eigenvalue weighted by Crippen LogP contribution is 2.66. The molecule has 4 heterocycles. The minimum atomic E-state index is 0.258. The highest BCUT2D eigenvalue weighted by Gasteiger charge is 2.70. The maximum atomic E-state index is 6.25. The number of rotatable bonds is 1. The number of para-hydroxylation sites is 1. The van der Waals surface area contributed by atoms with Crippen LogP contribution in [0.15, 0.2) is 18.2 Å². The van der Waals surface area contributed by atoms with Crippen molar-refractivity contribution in [2.45, 2.75) is 55.7 Å². The number of anilines is 1. The Morgan fingerprint density at radius 2 is 2.17 bits per heavy atom. The fourth-order valence-corrected chi connectivity index (χ4v) is 7.26. The second kappa shape index (κ2) is 4.47. The van der Waals surface area contributed by atoms with Gasteiger partial charge in [0.25, 0.3) is 0 Å². The Morgan fingerprint density at radius 1 is 1.21 bits per heavy atom. The zero-order valence-electron chi connectivity index (χ0n) is 14.4. The van der Waals surface area contributed by atoms with Gasteiger partial charge in [0.05, 0.1) is 18.9 Å². The minimum absolute atomic E-state index is 0.258. The SMILES string of the molecule is COc1cccc2c1NC1CCC34CCOC3CCN3CCC21C34. The van der Waals surface area contributed by atoms with Gasteiger partial charge in [-0.25, -0.2) is 0 Å². The molecule has 0 bridgehead atoms. The first-order chi connectivity index (χ1) is 11.8. The summed E-state index contributed by atoms with van der Waals surface area (Å²) in [6.45, 7) is 3.42. The second-order valence-electron chi connectivity index (χ2n) is 8.48. The van der Waals surface area contributed by atoms with Crippen LogP contribution in [0, 0.1) is 5.41 Å². The molecule has 3 saturated heterocycles. The molecule has 128 valence electrons. The second-order valence-corrected chi connectivity index (χ2v) is 8.48.